The summed E-state index contributed by atoms with van der Waals surface area (Å²) in [6.45, 7) is 0. The van der Waals surface area contributed by atoms with Crippen LogP contribution in [-0.4, -0.2) is 11.9 Å². The van der Waals surface area contributed by atoms with Gasteiger partial charge in [0.2, 0.25) is 0 Å². The third kappa shape index (κ3) is 4.41. The molecule has 0 unspecified atom stereocenters. The van der Waals surface area contributed by atoms with Crippen LogP contribution in [0.15, 0.2) is 48.5 Å². The van der Waals surface area contributed by atoms with Gasteiger partial charge in [0, 0.05) is 5.56 Å². The van der Waals surface area contributed by atoms with Crippen molar-refractivity contribution in [3.63, 3.8) is 0 Å². The number of amides is 1. The van der Waals surface area contributed by atoms with Crippen molar-refractivity contribution in [1.82, 2.24) is 0 Å². The molecule has 0 saturated carbocycles. The number of rotatable bonds is 3. The maximum atomic E-state index is 11.9. The first kappa shape index (κ1) is 17.4. The van der Waals surface area contributed by atoms with Crippen molar-refractivity contribution < 1.29 is 66.1 Å². The number of hydrogen-bond acceptors (Lipinski definition) is 3. The normalized spacial score (nSPS) is 9.45. The minimum Gasteiger partial charge on any atom is -0.545 e. The second-order valence-electron chi connectivity index (χ2n) is 3.80. The summed E-state index contributed by atoms with van der Waals surface area (Å²) in [5.74, 6) is -1.64. The molecule has 0 saturated heterocycles. The average Bonchev–Trinajstić information content (AvgIpc) is 2.41. The Morgan fingerprint density at radius 1 is 0.950 bits per heavy atom. The number of halogens is 1. The number of aromatic carboxylic acids is 1. The smallest absolute Gasteiger partial charge is 0.545 e. The van der Waals surface area contributed by atoms with E-state index < -0.39 is 5.97 Å². The second kappa shape index (κ2) is 7.92. The van der Waals surface area contributed by atoms with Crippen LogP contribution in [0, 0.1) is 0 Å². The van der Waals surface area contributed by atoms with Crippen molar-refractivity contribution in [2.45, 2.75) is 0 Å². The molecule has 0 aliphatic heterocycles. The molecule has 0 fully saturated rings. The molecule has 2 aromatic carbocycles. The molecule has 2 rings (SSSR count). The molecule has 6 heteroatoms. The molecule has 0 aliphatic carbocycles. The van der Waals surface area contributed by atoms with Gasteiger partial charge in [0.05, 0.1) is 16.7 Å². The third-order valence-electron chi connectivity index (χ3n) is 2.50. The first-order valence-electron chi connectivity index (χ1n) is 5.45. The summed E-state index contributed by atoms with van der Waals surface area (Å²) >= 11 is 5.92. The summed E-state index contributed by atoms with van der Waals surface area (Å²) in [5, 5.41) is 13.7. The molecule has 1 N–H and O–H groups in total. The molecule has 0 radical (unpaired) electrons. The molecule has 0 aliphatic rings. The maximum Gasteiger partial charge on any atom is 1.00 e. The minimum atomic E-state index is -1.28. The molecule has 0 spiro atoms. The standard InChI is InChI=1S/C14H10ClNO3.K/c15-11-3-1-2-4-12(11)16-13(17)9-5-7-10(8-6-9)14(18)19;/h1-8H,(H,16,17)(H,18,19);/q;+1/p-1. The predicted molar refractivity (Wildman–Crippen MR) is 70.2 cm³/mol. The number of carbonyl (C=O) groups is 2. The van der Waals surface area contributed by atoms with Crippen LogP contribution in [0.2, 0.25) is 5.02 Å². The van der Waals surface area contributed by atoms with E-state index in [-0.39, 0.29) is 62.9 Å². The van der Waals surface area contributed by atoms with Crippen molar-refractivity contribution in [2.24, 2.45) is 0 Å². The van der Waals surface area contributed by atoms with Gasteiger partial charge in [-0.15, -0.1) is 0 Å². The minimum absolute atomic E-state index is 0. The summed E-state index contributed by atoms with van der Waals surface area (Å²) in [7, 11) is 0. The number of carbonyl (C=O) groups excluding carboxylic acids is 2. The van der Waals surface area contributed by atoms with Gasteiger partial charge in [-0.05, 0) is 29.8 Å². The van der Waals surface area contributed by atoms with Crippen LogP contribution >= 0.6 is 11.6 Å². The van der Waals surface area contributed by atoms with Crippen LogP contribution < -0.4 is 61.8 Å². The SMILES string of the molecule is O=C([O-])c1ccc(C(=O)Nc2ccccc2Cl)cc1.[K+]. The Morgan fingerprint density at radius 3 is 2.05 bits per heavy atom. The third-order valence-corrected chi connectivity index (χ3v) is 2.83. The van der Waals surface area contributed by atoms with Gasteiger partial charge >= 0.3 is 51.4 Å². The van der Waals surface area contributed by atoms with Crippen molar-refractivity contribution in [3.05, 3.63) is 64.7 Å². The summed E-state index contributed by atoms with van der Waals surface area (Å²) in [6, 6.07) is 12.3. The molecular weight excluding hydrogens is 305 g/mol. The number of hydrogen-bond donors (Lipinski definition) is 1. The van der Waals surface area contributed by atoms with Gasteiger partial charge in [0.25, 0.3) is 5.91 Å². The Bertz CT molecular complexity index is 629. The number of benzene rings is 2. The van der Waals surface area contributed by atoms with Gasteiger partial charge in [-0.3, -0.25) is 4.79 Å². The zero-order chi connectivity index (χ0) is 13.8. The Kier molecular flexibility index (Phi) is 6.88. The van der Waals surface area contributed by atoms with Gasteiger partial charge in [-0.25, -0.2) is 0 Å². The van der Waals surface area contributed by atoms with Crippen molar-refractivity contribution in [3.8, 4) is 0 Å². The van der Waals surface area contributed by atoms with E-state index in [2.05, 4.69) is 5.32 Å². The first-order valence-corrected chi connectivity index (χ1v) is 5.83. The van der Waals surface area contributed by atoms with Gasteiger partial charge in [0.15, 0.2) is 0 Å². The van der Waals surface area contributed by atoms with Crippen LogP contribution in [0.1, 0.15) is 20.7 Å². The predicted octanol–water partition coefficient (Wildman–Crippen LogP) is -1.04. The average molecular weight is 314 g/mol. The van der Waals surface area contributed by atoms with Crippen LogP contribution in [0.25, 0.3) is 0 Å². The number of para-hydroxylation sites is 1. The fourth-order valence-electron chi connectivity index (χ4n) is 1.51. The van der Waals surface area contributed by atoms with E-state index in [1.807, 2.05) is 0 Å². The van der Waals surface area contributed by atoms with E-state index in [9.17, 15) is 14.7 Å². The van der Waals surface area contributed by atoms with Crippen LogP contribution in [0.4, 0.5) is 5.69 Å². The number of nitrogens with one attached hydrogen (secondary N) is 1. The number of carboxylic acids is 1. The van der Waals surface area contributed by atoms with Gasteiger partial charge < -0.3 is 15.2 Å². The van der Waals surface area contributed by atoms with E-state index in [1.165, 1.54) is 24.3 Å². The summed E-state index contributed by atoms with van der Waals surface area (Å²) in [6.07, 6.45) is 0. The molecule has 0 bridgehead atoms. The van der Waals surface area contributed by atoms with Crippen LogP contribution in [-0.2, 0) is 0 Å². The molecule has 0 heterocycles. The van der Waals surface area contributed by atoms with E-state index in [1.54, 1.807) is 24.3 Å². The summed E-state index contributed by atoms with van der Waals surface area (Å²) < 4.78 is 0. The van der Waals surface area contributed by atoms with E-state index >= 15 is 0 Å². The fraction of sp³-hybridized carbons (Fsp3) is 0. The molecule has 96 valence electrons. The second-order valence-corrected chi connectivity index (χ2v) is 4.21. The Balaban J connectivity index is 0.00000200. The quantitative estimate of drug-likeness (QED) is 0.736. The fourth-order valence-corrected chi connectivity index (χ4v) is 1.70. The topological polar surface area (TPSA) is 69.2 Å². The van der Waals surface area contributed by atoms with Crippen molar-refractivity contribution >= 4 is 29.2 Å². The van der Waals surface area contributed by atoms with E-state index in [0.29, 0.717) is 16.3 Å². The largest absolute Gasteiger partial charge is 1.00 e. The van der Waals surface area contributed by atoms with Crippen molar-refractivity contribution in [2.75, 3.05) is 5.32 Å². The maximum absolute atomic E-state index is 11.9. The molecule has 0 aromatic heterocycles. The van der Waals surface area contributed by atoms with Crippen LogP contribution in [0.5, 0.6) is 0 Å². The van der Waals surface area contributed by atoms with Gasteiger partial charge in [-0.2, -0.15) is 0 Å². The van der Waals surface area contributed by atoms with Gasteiger partial charge in [-0.1, -0.05) is 35.9 Å². The molecule has 20 heavy (non-hydrogen) atoms. The molecule has 0 atom stereocenters. The monoisotopic (exact) mass is 313 g/mol. The molecular formula is C14H9ClKNO3. The van der Waals surface area contributed by atoms with Crippen molar-refractivity contribution in [1.29, 1.82) is 0 Å². The molecule has 1 amide bonds. The number of carboxylic acid groups (broad SMARTS) is 1. The van der Waals surface area contributed by atoms with Crippen LogP contribution in [0.3, 0.4) is 0 Å². The summed E-state index contributed by atoms with van der Waals surface area (Å²) in [4.78, 5) is 22.5. The van der Waals surface area contributed by atoms with E-state index in [0.717, 1.165) is 0 Å². The number of anilines is 1. The Hall–Kier alpha value is -0.694. The molecule has 4 nitrogen and oxygen atoms in total. The summed E-state index contributed by atoms with van der Waals surface area (Å²) in [5.41, 5.74) is 0.859. The Morgan fingerprint density at radius 2 is 1.50 bits per heavy atom. The first-order chi connectivity index (χ1) is 9.08. The Labute approximate surface area is 163 Å². The molecule has 2 aromatic rings. The van der Waals surface area contributed by atoms with E-state index in [4.69, 9.17) is 11.6 Å². The zero-order valence-electron chi connectivity index (χ0n) is 10.7. The van der Waals surface area contributed by atoms with Gasteiger partial charge in [0.1, 0.15) is 0 Å². The zero-order valence-corrected chi connectivity index (χ0v) is 14.6.